The van der Waals surface area contributed by atoms with Crippen LogP contribution >= 0.6 is 22.6 Å². The monoisotopic (exact) mass is 283 g/mol. The molecular weight excluding hydrogens is 277 g/mol. The number of rotatable bonds is 1. The van der Waals surface area contributed by atoms with Crippen molar-refractivity contribution in [3.05, 3.63) is 40.5 Å². The topological polar surface area (TPSA) is 38.7 Å². The molecular formula is C9H6IN3. The standard InChI is InChI=1S/C9H6IN3/c10-8-6-11-5-2-7(8)9-12-3-1-4-13-9/h1-6H. The van der Waals surface area contributed by atoms with Crippen molar-refractivity contribution in [2.75, 3.05) is 0 Å². The predicted molar refractivity (Wildman–Crippen MR) is 58.0 cm³/mol. The summed E-state index contributed by atoms with van der Waals surface area (Å²) in [4.78, 5) is 12.3. The summed E-state index contributed by atoms with van der Waals surface area (Å²) in [7, 11) is 0. The zero-order valence-corrected chi connectivity index (χ0v) is 8.84. The Morgan fingerprint density at radius 1 is 1.08 bits per heavy atom. The molecule has 2 heterocycles. The van der Waals surface area contributed by atoms with Crippen molar-refractivity contribution < 1.29 is 0 Å². The van der Waals surface area contributed by atoms with Crippen LogP contribution in [0.15, 0.2) is 36.9 Å². The average Bonchev–Trinajstić information content (AvgIpc) is 2.20. The quantitative estimate of drug-likeness (QED) is 0.753. The SMILES string of the molecule is Ic1cnccc1-c1ncccn1. The molecule has 0 radical (unpaired) electrons. The van der Waals surface area contributed by atoms with E-state index in [0.29, 0.717) is 0 Å². The van der Waals surface area contributed by atoms with Crippen molar-refractivity contribution in [3.63, 3.8) is 0 Å². The molecule has 0 saturated heterocycles. The second kappa shape index (κ2) is 3.78. The molecule has 0 aliphatic rings. The van der Waals surface area contributed by atoms with Crippen LogP contribution in [0.5, 0.6) is 0 Å². The van der Waals surface area contributed by atoms with Crippen LogP contribution in [-0.4, -0.2) is 15.0 Å². The van der Waals surface area contributed by atoms with Crippen molar-refractivity contribution in [1.29, 1.82) is 0 Å². The van der Waals surface area contributed by atoms with E-state index in [1.54, 1.807) is 30.9 Å². The van der Waals surface area contributed by atoms with E-state index >= 15 is 0 Å². The molecule has 2 aromatic rings. The van der Waals surface area contributed by atoms with Gasteiger partial charge in [-0.2, -0.15) is 0 Å². The molecule has 4 heteroatoms. The van der Waals surface area contributed by atoms with Gasteiger partial charge in [0, 0.05) is 33.9 Å². The molecule has 2 aromatic heterocycles. The molecule has 0 aromatic carbocycles. The normalized spacial score (nSPS) is 9.92. The van der Waals surface area contributed by atoms with Gasteiger partial charge in [0.25, 0.3) is 0 Å². The minimum absolute atomic E-state index is 0.745. The van der Waals surface area contributed by atoms with Crippen LogP contribution in [0.25, 0.3) is 11.4 Å². The summed E-state index contributed by atoms with van der Waals surface area (Å²) in [5.74, 6) is 0.745. The molecule has 13 heavy (non-hydrogen) atoms. The van der Waals surface area contributed by atoms with Gasteiger partial charge in [0.05, 0.1) is 0 Å². The van der Waals surface area contributed by atoms with Crippen LogP contribution in [0.4, 0.5) is 0 Å². The Labute approximate surface area is 89.4 Å². The molecule has 0 atom stereocenters. The lowest BCUT2D eigenvalue weighted by atomic mass is 10.2. The summed E-state index contributed by atoms with van der Waals surface area (Å²) in [6, 6.07) is 3.72. The van der Waals surface area contributed by atoms with E-state index in [-0.39, 0.29) is 0 Å². The number of halogens is 1. The lowest BCUT2D eigenvalue weighted by molar-refractivity contribution is 1.16. The second-order valence-electron chi connectivity index (χ2n) is 2.43. The zero-order chi connectivity index (χ0) is 9.10. The highest BCUT2D eigenvalue weighted by molar-refractivity contribution is 14.1. The van der Waals surface area contributed by atoms with Crippen LogP contribution in [0.2, 0.25) is 0 Å². The van der Waals surface area contributed by atoms with Gasteiger partial charge in [-0.3, -0.25) is 4.98 Å². The highest BCUT2D eigenvalue weighted by Crippen LogP contribution is 2.19. The van der Waals surface area contributed by atoms with Gasteiger partial charge in [0.15, 0.2) is 5.82 Å². The van der Waals surface area contributed by atoms with Gasteiger partial charge in [0.2, 0.25) is 0 Å². The molecule has 0 aliphatic carbocycles. The van der Waals surface area contributed by atoms with E-state index in [2.05, 4.69) is 37.5 Å². The van der Waals surface area contributed by atoms with Gasteiger partial charge < -0.3 is 0 Å². The Hall–Kier alpha value is -1.04. The maximum atomic E-state index is 4.17. The van der Waals surface area contributed by atoms with Crippen LogP contribution in [-0.2, 0) is 0 Å². The van der Waals surface area contributed by atoms with Crippen molar-refractivity contribution in [3.8, 4) is 11.4 Å². The van der Waals surface area contributed by atoms with Crippen LogP contribution in [0.3, 0.4) is 0 Å². The molecule has 0 amide bonds. The number of nitrogens with zero attached hydrogens (tertiary/aromatic N) is 3. The summed E-state index contributed by atoms with van der Waals surface area (Å²) in [5.41, 5.74) is 1.02. The third-order valence-corrected chi connectivity index (χ3v) is 2.44. The lowest BCUT2D eigenvalue weighted by Gasteiger charge is -2.00. The maximum Gasteiger partial charge on any atom is 0.160 e. The number of hydrogen-bond donors (Lipinski definition) is 0. The second-order valence-corrected chi connectivity index (χ2v) is 3.59. The fourth-order valence-corrected chi connectivity index (χ4v) is 1.58. The minimum atomic E-state index is 0.745. The first-order chi connectivity index (χ1) is 6.38. The van der Waals surface area contributed by atoms with E-state index in [1.807, 2.05) is 6.07 Å². The molecule has 64 valence electrons. The van der Waals surface area contributed by atoms with E-state index in [4.69, 9.17) is 0 Å². The Bertz CT molecular complexity index is 403. The largest absolute Gasteiger partial charge is 0.264 e. The first kappa shape index (κ1) is 8.55. The molecule has 0 unspecified atom stereocenters. The first-order valence-corrected chi connectivity index (χ1v) is 4.83. The summed E-state index contributed by atoms with van der Waals surface area (Å²) in [5, 5.41) is 0. The number of hydrogen-bond acceptors (Lipinski definition) is 3. The van der Waals surface area contributed by atoms with Crippen LogP contribution < -0.4 is 0 Å². The number of aromatic nitrogens is 3. The Morgan fingerprint density at radius 3 is 2.54 bits per heavy atom. The zero-order valence-electron chi connectivity index (χ0n) is 6.68. The summed E-state index contributed by atoms with van der Waals surface area (Å²) < 4.78 is 1.06. The third kappa shape index (κ3) is 1.82. The Morgan fingerprint density at radius 2 is 1.85 bits per heavy atom. The van der Waals surface area contributed by atoms with Crippen molar-refractivity contribution in [1.82, 2.24) is 15.0 Å². The molecule has 3 nitrogen and oxygen atoms in total. The molecule has 0 bridgehead atoms. The van der Waals surface area contributed by atoms with Gasteiger partial charge in [-0.25, -0.2) is 9.97 Å². The van der Waals surface area contributed by atoms with E-state index < -0.39 is 0 Å². The van der Waals surface area contributed by atoms with Crippen molar-refractivity contribution in [2.24, 2.45) is 0 Å². The summed E-state index contributed by atoms with van der Waals surface area (Å²) >= 11 is 2.22. The van der Waals surface area contributed by atoms with Gasteiger partial charge in [-0.05, 0) is 34.7 Å². The van der Waals surface area contributed by atoms with Crippen molar-refractivity contribution in [2.45, 2.75) is 0 Å². The maximum absolute atomic E-state index is 4.17. The Kier molecular flexibility index (Phi) is 2.49. The molecule has 0 fully saturated rings. The van der Waals surface area contributed by atoms with Crippen LogP contribution in [0, 0.1) is 3.57 Å². The van der Waals surface area contributed by atoms with E-state index in [0.717, 1.165) is 15.0 Å². The molecule has 0 spiro atoms. The lowest BCUT2D eigenvalue weighted by Crippen LogP contribution is -1.89. The first-order valence-electron chi connectivity index (χ1n) is 3.75. The molecule has 0 saturated carbocycles. The molecule has 2 rings (SSSR count). The van der Waals surface area contributed by atoms with Crippen LogP contribution in [0.1, 0.15) is 0 Å². The molecule has 0 aliphatic heterocycles. The van der Waals surface area contributed by atoms with Gasteiger partial charge in [-0.15, -0.1) is 0 Å². The smallest absolute Gasteiger partial charge is 0.160 e. The van der Waals surface area contributed by atoms with E-state index in [1.165, 1.54) is 0 Å². The summed E-state index contributed by atoms with van der Waals surface area (Å²) in [6.07, 6.45) is 7.01. The van der Waals surface area contributed by atoms with Crippen molar-refractivity contribution >= 4 is 22.6 Å². The fourth-order valence-electron chi connectivity index (χ4n) is 0.995. The highest BCUT2D eigenvalue weighted by atomic mass is 127. The fraction of sp³-hybridized carbons (Fsp3) is 0. The predicted octanol–water partition coefficient (Wildman–Crippen LogP) is 2.14. The van der Waals surface area contributed by atoms with E-state index in [9.17, 15) is 0 Å². The third-order valence-electron chi connectivity index (χ3n) is 1.58. The molecule has 0 N–H and O–H groups in total. The highest BCUT2D eigenvalue weighted by Gasteiger charge is 2.03. The van der Waals surface area contributed by atoms with Gasteiger partial charge in [-0.1, -0.05) is 0 Å². The number of pyridine rings is 1. The van der Waals surface area contributed by atoms with Gasteiger partial charge in [0.1, 0.15) is 0 Å². The van der Waals surface area contributed by atoms with Gasteiger partial charge >= 0.3 is 0 Å². The average molecular weight is 283 g/mol. The summed E-state index contributed by atoms with van der Waals surface area (Å²) in [6.45, 7) is 0. The Balaban J connectivity index is 2.54. The minimum Gasteiger partial charge on any atom is -0.264 e.